The van der Waals surface area contributed by atoms with Gasteiger partial charge in [-0.1, -0.05) is 0 Å². The topological polar surface area (TPSA) is 120 Å². The summed E-state index contributed by atoms with van der Waals surface area (Å²) in [4.78, 5) is 21.4. The van der Waals surface area contributed by atoms with Gasteiger partial charge in [-0.05, 0) is 6.07 Å². The van der Waals surface area contributed by atoms with Crippen LogP contribution in [-0.4, -0.2) is 39.1 Å². The van der Waals surface area contributed by atoms with Gasteiger partial charge in [0.05, 0.1) is 23.2 Å². The van der Waals surface area contributed by atoms with Gasteiger partial charge in [0.15, 0.2) is 6.73 Å². The number of nitro benzene ring substituents is 1. The molecule has 0 atom stereocenters. The molecule has 1 heterocycles. The molecule has 9 nitrogen and oxygen atoms in total. The fraction of sp³-hybridized carbons (Fsp3) is 0.273. The van der Waals surface area contributed by atoms with Crippen LogP contribution >= 0.6 is 0 Å². The van der Waals surface area contributed by atoms with Crippen LogP contribution in [0.1, 0.15) is 0 Å². The molecule has 1 aromatic heterocycles. The first-order chi connectivity index (χ1) is 9.61. The fourth-order valence-electron chi connectivity index (χ4n) is 1.62. The van der Waals surface area contributed by atoms with E-state index in [1.807, 2.05) is 0 Å². The Hall–Kier alpha value is -2.68. The van der Waals surface area contributed by atoms with Crippen LogP contribution in [0.25, 0.3) is 10.9 Å². The van der Waals surface area contributed by atoms with E-state index in [-0.39, 0.29) is 25.6 Å². The second-order valence-electron chi connectivity index (χ2n) is 3.86. The lowest BCUT2D eigenvalue weighted by Crippen LogP contribution is -2.27. The van der Waals surface area contributed by atoms with Crippen molar-refractivity contribution in [1.29, 1.82) is 0 Å². The minimum atomic E-state index is -0.676. The van der Waals surface area contributed by atoms with E-state index < -0.39 is 11.0 Å². The molecule has 0 aliphatic rings. The monoisotopic (exact) mass is 280 g/mol. The molecule has 0 bridgehead atoms. The van der Waals surface area contributed by atoms with Crippen LogP contribution in [0.5, 0.6) is 0 Å². The Morgan fingerprint density at radius 2 is 2.35 bits per heavy atom. The molecule has 106 valence electrons. The molecule has 0 aliphatic heterocycles. The van der Waals surface area contributed by atoms with Crippen molar-refractivity contribution < 1.29 is 19.6 Å². The number of alkyl carbamates (subject to hydrolysis) is 1. The molecule has 0 spiro atoms. The van der Waals surface area contributed by atoms with Crippen molar-refractivity contribution in [2.45, 2.75) is 6.73 Å². The molecule has 2 rings (SSSR count). The van der Waals surface area contributed by atoms with Gasteiger partial charge in [0.1, 0.15) is 0 Å². The first-order valence-corrected chi connectivity index (χ1v) is 5.73. The summed E-state index contributed by atoms with van der Waals surface area (Å²) in [6.07, 6.45) is 0.779. The Labute approximate surface area is 112 Å². The number of aliphatic hydroxyl groups excluding tert-OH is 1. The maximum Gasteiger partial charge on any atom is 0.409 e. The molecule has 1 amide bonds. The number of fused-ring (bicyclic) bond motifs is 1. The number of hydrogen-bond acceptors (Lipinski definition) is 6. The van der Waals surface area contributed by atoms with E-state index in [2.05, 4.69) is 10.4 Å². The number of hydrogen-bond donors (Lipinski definition) is 2. The molecule has 9 heteroatoms. The van der Waals surface area contributed by atoms with Crippen molar-refractivity contribution in [3.63, 3.8) is 0 Å². The molecule has 0 unspecified atom stereocenters. The number of nitro groups is 1. The highest BCUT2D eigenvalue weighted by atomic mass is 16.6. The summed E-state index contributed by atoms with van der Waals surface area (Å²) in [5, 5.41) is 26.1. The summed E-state index contributed by atoms with van der Waals surface area (Å²) in [5.74, 6) is 0. The van der Waals surface area contributed by atoms with E-state index >= 15 is 0 Å². The van der Waals surface area contributed by atoms with E-state index in [1.54, 1.807) is 0 Å². The highest BCUT2D eigenvalue weighted by Crippen LogP contribution is 2.20. The van der Waals surface area contributed by atoms with Gasteiger partial charge in [-0.2, -0.15) is 5.10 Å². The number of aliphatic hydroxyl groups is 1. The number of nitrogens with one attached hydrogen (secondary N) is 1. The zero-order valence-electron chi connectivity index (χ0n) is 10.4. The van der Waals surface area contributed by atoms with Gasteiger partial charge in [0, 0.05) is 24.1 Å². The molecule has 0 saturated carbocycles. The summed E-state index contributed by atoms with van der Waals surface area (Å²) in [6, 6.07) is 4.28. The van der Waals surface area contributed by atoms with Crippen molar-refractivity contribution in [1.82, 2.24) is 15.1 Å². The number of carbonyl (C=O) groups is 1. The van der Waals surface area contributed by atoms with Crippen molar-refractivity contribution in [3.8, 4) is 0 Å². The summed E-state index contributed by atoms with van der Waals surface area (Å²) in [6.45, 7) is -0.201. The molecular weight excluding hydrogens is 268 g/mol. The second kappa shape index (κ2) is 5.97. The maximum atomic E-state index is 11.2. The van der Waals surface area contributed by atoms with Gasteiger partial charge in [-0.15, -0.1) is 0 Å². The predicted octanol–water partition coefficient (Wildman–Crippen LogP) is 0.620. The average Bonchev–Trinajstić information content (AvgIpc) is 2.85. The van der Waals surface area contributed by atoms with Crippen LogP contribution in [0.2, 0.25) is 0 Å². The van der Waals surface area contributed by atoms with Crippen LogP contribution in [-0.2, 0) is 11.5 Å². The van der Waals surface area contributed by atoms with Crippen molar-refractivity contribution >= 4 is 22.7 Å². The zero-order chi connectivity index (χ0) is 14.5. The molecule has 2 N–H and O–H groups in total. The van der Waals surface area contributed by atoms with Crippen LogP contribution < -0.4 is 5.32 Å². The summed E-state index contributed by atoms with van der Waals surface area (Å²) >= 11 is 0. The van der Waals surface area contributed by atoms with Crippen LogP contribution in [0, 0.1) is 10.1 Å². The SMILES string of the molecule is O=C(NCCO)OCn1ncc2cc([N+](=O)[O-])ccc21. The number of ether oxygens (including phenoxy) is 1. The lowest BCUT2D eigenvalue weighted by atomic mass is 10.2. The lowest BCUT2D eigenvalue weighted by Gasteiger charge is -2.06. The second-order valence-corrected chi connectivity index (χ2v) is 3.86. The molecule has 0 radical (unpaired) electrons. The number of nitrogens with zero attached hydrogens (tertiary/aromatic N) is 3. The van der Waals surface area contributed by atoms with Gasteiger partial charge in [-0.3, -0.25) is 10.1 Å². The number of amides is 1. The quantitative estimate of drug-likeness (QED) is 0.612. The fourth-order valence-corrected chi connectivity index (χ4v) is 1.62. The van der Waals surface area contributed by atoms with Gasteiger partial charge >= 0.3 is 6.09 Å². The number of aromatic nitrogens is 2. The molecule has 0 fully saturated rings. The van der Waals surface area contributed by atoms with E-state index in [9.17, 15) is 14.9 Å². The summed E-state index contributed by atoms with van der Waals surface area (Å²) in [7, 11) is 0. The number of rotatable bonds is 5. The van der Waals surface area contributed by atoms with E-state index in [0.717, 1.165) is 0 Å². The smallest absolute Gasteiger partial charge is 0.409 e. The van der Waals surface area contributed by atoms with Crippen molar-refractivity contribution in [3.05, 3.63) is 34.5 Å². The standard InChI is InChI=1S/C11H12N4O5/c16-4-3-12-11(17)20-7-14-10-2-1-9(15(18)19)5-8(10)6-13-14/h1-2,5-6,16H,3-4,7H2,(H,12,17). The largest absolute Gasteiger partial charge is 0.426 e. The Kier molecular flexibility index (Phi) is 4.11. The van der Waals surface area contributed by atoms with Crippen LogP contribution in [0.3, 0.4) is 0 Å². The third-order valence-corrected chi connectivity index (χ3v) is 2.54. The normalized spacial score (nSPS) is 10.4. The highest BCUT2D eigenvalue weighted by Gasteiger charge is 2.10. The van der Waals surface area contributed by atoms with Gasteiger partial charge in [0.25, 0.3) is 5.69 Å². The third-order valence-electron chi connectivity index (χ3n) is 2.54. The Bertz CT molecular complexity index is 639. The van der Waals surface area contributed by atoms with E-state index in [1.165, 1.54) is 29.1 Å². The molecule has 0 saturated heterocycles. The minimum Gasteiger partial charge on any atom is -0.426 e. The van der Waals surface area contributed by atoms with Gasteiger partial charge in [-0.25, -0.2) is 9.48 Å². The minimum absolute atomic E-state index is 0.0290. The van der Waals surface area contributed by atoms with Gasteiger partial charge in [0.2, 0.25) is 0 Å². The summed E-state index contributed by atoms with van der Waals surface area (Å²) in [5.41, 5.74) is 0.587. The predicted molar refractivity (Wildman–Crippen MR) is 68.0 cm³/mol. The average molecular weight is 280 g/mol. The van der Waals surface area contributed by atoms with E-state index in [0.29, 0.717) is 10.9 Å². The highest BCUT2D eigenvalue weighted by molar-refractivity contribution is 5.81. The summed E-state index contributed by atoms with van der Waals surface area (Å²) < 4.78 is 6.28. The van der Waals surface area contributed by atoms with Crippen molar-refractivity contribution in [2.24, 2.45) is 0 Å². The zero-order valence-corrected chi connectivity index (χ0v) is 10.4. The number of carbonyl (C=O) groups excluding carboxylic acids is 1. The molecule has 1 aromatic carbocycles. The Morgan fingerprint density at radius 1 is 1.55 bits per heavy atom. The molecule has 0 aliphatic carbocycles. The first kappa shape index (κ1) is 13.7. The number of non-ortho nitro benzene ring substituents is 1. The Balaban J connectivity index is 2.08. The first-order valence-electron chi connectivity index (χ1n) is 5.73. The molecule has 2 aromatic rings. The third kappa shape index (κ3) is 3.01. The van der Waals surface area contributed by atoms with E-state index in [4.69, 9.17) is 9.84 Å². The van der Waals surface area contributed by atoms with Crippen molar-refractivity contribution in [2.75, 3.05) is 13.2 Å². The van der Waals surface area contributed by atoms with Gasteiger partial charge < -0.3 is 15.2 Å². The lowest BCUT2D eigenvalue weighted by molar-refractivity contribution is -0.384. The Morgan fingerprint density at radius 3 is 3.05 bits per heavy atom. The number of benzene rings is 1. The maximum absolute atomic E-state index is 11.2. The molecular formula is C11H12N4O5. The molecule has 20 heavy (non-hydrogen) atoms. The van der Waals surface area contributed by atoms with Crippen LogP contribution in [0.15, 0.2) is 24.4 Å². The van der Waals surface area contributed by atoms with Crippen LogP contribution in [0.4, 0.5) is 10.5 Å².